The molecule has 0 bridgehead atoms. The van der Waals surface area contributed by atoms with E-state index >= 15 is 0 Å². The van der Waals surface area contributed by atoms with Crippen molar-refractivity contribution in [3.63, 3.8) is 0 Å². The van der Waals surface area contributed by atoms with Crippen molar-refractivity contribution in [2.24, 2.45) is 5.73 Å². The maximum atomic E-state index is 6.52. The first-order chi connectivity index (χ1) is 9.13. The summed E-state index contributed by atoms with van der Waals surface area (Å²) >= 11 is 0. The maximum absolute atomic E-state index is 6.52. The van der Waals surface area contributed by atoms with Crippen molar-refractivity contribution in [3.05, 3.63) is 29.8 Å². The van der Waals surface area contributed by atoms with Crippen LogP contribution in [-0.2, 0) is 0 Å². The SMILES string of the molecule is COc1ccccc1C(N)C1CN(C)CCCN1C. The molecule has 2 rings (SSSR count). The molecule has 0 saturated carbocycles. The molecule has 0 aliphatic carbocycles. The Kier molecular flexibility index (Phi) is 4.80. The van der Waals surface area contributed by atoms with Gasteiger partial charge in [0, 0.05) is 18.2 Å². The Morgan fingerprint density at radius 3 is 2.74 bits per heavy atom. The number of likely N-dealkylation sites (N-methyl/N-ethyl adjacent to an activating group) is 2. The van der Waals surface area contributed by atoms with Crippen LogP contribution in [0.3, 0.4) is 0 Å². The van der Waals surface area contributed by atoms with E-state index in [-0.39, 0.29) is 6.04 Å². The summed E-state index contributed by atoms with van der Waals surface area (Å²) in [5.74, 6) is 0.885. The number of hydrogen-bond acceptors (Lipinski definition) is 4. The average molecular weight is 263 g/mol. The van der Waals surface area contributed by atoms with Gasteiger partial charge >= 0.3 is 0 Å². The fourth-order valence-electron chi connectivity index (χ4n) is 2.84. The van der Waals surface area contributed by atoms with Gasteiger partial charge in [-0.1, -0.05) is 18.2 Å². The van der Waals surface area contributed by atoms with Gasteiger partial charge in [0.1, 0.15) is 5.75 Å². The van der Waals surface area contributed by atoms with E-state index in [1.807, 2.05) is 18.2 Å². The fourth-order valence-corrected chi connectivity index (χ4v) is 2.84. The van der Waals surface area contributed by atoms with E-state index in [0.717, 1.165) is 30.9 Å². The van der Waals surface area contributed by atoms with E-state index < -0.39 is 0 Å². The van der Waals surface area contributed by atoms with E-state index in [0.29, 0.717) is 6.04 Å². The summed E-state index contributed by atoms with van der Waals surface area (Å²) in [7, 11) is 6.04. The largest absolute Gasteiger partial charge is 0.496 e. The molecule has 2 N–H and O–H groups in total. The van der Waals surface area contributed by atoms with Crippen molar-refractivity contribution in [2.45, 2.75) is 18.5 Å². The summed E-state index contributed by atoms with van der Waals surface area (Å²) in [5.41, 5.74) is 7.61. The Hall–Kier alpha value is -1.10. The van der Waals surface area contributed by atoms with Gasteiger partial charge in [-0.05, 0) is 39.7 Å². The standard InChI is InChI=1S/C15H25N3O/c1-17-9-6-10-18(2)13(11-17)15(16)12-7-4-5-8-14(12)19-3/h4-5,7-8,13,15H,6,9-11,16H2,1-3H3. The average Bonchev–Trinajstić information content (AvgIpc) is 2.59. The topological polar surface area (TPSA) is 41.7 Å². The molecule has 1 aliphatic rings. The van der Waals surface area contributed by atoms with Gasteiger partial charge in [-0.25, -0.2) is 0 Å². The number of nitrogens with zero attached hydrogens (tertiary/aromatic N) is 2. The Labute approximate surface area is 116 Å². The first kappa shape index (κ1) is 14.3. The van der Waals surface area contributed by atoms with Crippen molar-refractivity contribution in [2.75, 3.05) is 40.8 Å². The number of nitrogens with two attached hydrogens (primary N) is 1. The quantitative estimate of drug-likeness (QED) is 0.893. The number of rotatable bonds is 3. The number of methoxy groups -OCH3 is 1. The molecule has 0 aromatic heterocycles. The van der Waals surface area contributed by atoms with Crippen LogP contribution in [-0.4, -0.2) is 56.7 Å². The second-order valence-corrected chi connectivity index (χ2v) is 5.43. The van der Waals surface area contributed by atoms with Crippen LogP contribution in [0, 0.1) is 0 Å². The summed E-state index contributed by atoms with van der Waals surface area (Å²) in [5, 5.41) is 0. The molecule has 1 heterocycles. The van der Waals surface area contributed by atoms with Gasteiger partial charge in [-0.2, -0.15) is 0 Å². The van der Waals surface area contributed by atoms with E-state index in [1.54, 1.807) is 7.11 Å². The predicted octanol–water partition coefficient (Wildman–Crippen LogP) is 1.33. The molecule has 1 fully saturated rings. The third kappa shape index (κ3) is 3.26. The highest BCUT2D eigenvalue weighted by molar-refractivity contribution is 5.36. The van der Waals surface area contributed by atoms with Crippen molar-refractivity contribution in [1.29, 1.82) is 0 Å². The molecule has 0 amide bonds. The molecule has 2 atom stereocenters. The summed E-state index contributed by atoms with van der Waals surface area (Å²) in [6.45, 7) is 3.23. The molecular weight excluding hydrogens is 238 g/mol. The molecule has 1 saturated heterocycles. The van der Waals surface area contributed by atoms with E-state index in [9.17, 15) is 0 Å². The minimum absolute atomic E-state index is 0.0262. The Balaban J connectivity index is 2.23. The summed E-state index contributed by atoms with van der Waals surface area (Å²) in [6, 6.07) is 8.36. The molecule has 19 heavy (non-hydrogen) atoms. The predicted molar refractivity (Wildman–Crippen MR) is 78.5 cm³/mol. The van der Waals surface area contributed by atoms with Crippen LogP contribution in [0.1, 0.15) is 18.0 Å². The number of para-hydroxylation sites is 1. The van der Waals surface area contributed by atoms with Crippen LogP contribution in [0.4, 0.5) is 0 Å². The molecule has 0 radical (unpaired) electrons. The van der Waals surface area contributed by atoms with Crippen molar-refractivity contribution in [1.82, 2.24) is 9.80 Å². The van der Waals surface area contributed by atoms with Crippen LogP contribution in [0.15, 0.2) is 24.3 Å². The van der Waals surface area contributed by atoms with Crippen LogP contribution in [0.25, 0.3) is 0 Å². The minimum Gasteiger partial charge on any atom is -0.496 e. The normalized spacial score (nSPS) is 23.9. The van der Waals surface area contributed by atoms with Crippen molar-refractivity contribution in [3.8, 4) is 5.75 Å². The molecular formula is C15H25N3O. The van der Waals surface area contributed by atoms with Gasteiger partial charge in [-0.3, -0.25) is 0 Å². The molecule has 1 aliphatic heterocycles. The second-order valence-electron chi connectivity index (χ2n) is 5.43. The lowest BCUT2D eigenvalue weighted by Gasteiger charge is -2.33. The van der Waals surface area contributed by atoms with Gasteiger partial charge in [0.25, 0.3) is 0 Å². The zero-order valence-electron chi connectivity index (χ0n) is 12.2. The van der Waals surface area contributed by atoms with E-state index in [2.05, 4.69) is 30.0 Å². The molecule has 2 unspecified atom stereocenters. The molecule has 4 nitrogen and oxygen atoms in total. The van der Waals surface area contributed by atoms with Crippen LogP contribution in [0.2, 0.25) is 0 Å². The Morgan fingerprint density at radius 1 is 1.26 bits per heavy atom. The number of hydrogen-bond donors (Lipinski definition) is 1. The van der Waals surface area contributed by atoms with Gasteiger partial charge in [0.2, 0.25) is 0 Å². The van der Waals surface area contributed by atoms with Gasteiger partial charge in [-0.15, -0.1) is 0 Å². The first-order valence-electron chi connectivity index (χ1n) is 6.90. The lowest BCUT2D eigenvalue weighted by atomic mass is 9.98. The monoisotopic (exact) mass is 263 g/mol. The molecule has 106 valence electrons. The Bertz CT molecular complexity index is 410. The first-order valence-corrected chi connectivity index (χ1v) is 6.90. The number of benzene rings is 1. The molecule has 1 aromatic carbocycles. The van der Waals surface area contributed by atoms with Crippen molar-refractivity contribution < 1.29 is 4.74 Å². The highest BCUT2D eigenvalue weighted by Gasteiger charge is 2.28. The third-order valence-electron chi connectivity index (χ3n) is 4.03. The number of ether oxygens (including phenoxy) is 1. The molecule has 4 heteroatoms. The fraction of sp³-hybridized carbons (Fsp3) is 0.600. The zero-order valence-corrected chi connectivity index (χ0v) is 12.2. The third-order valence-corrected chi connectivity index (χ3v) is 4.03. The smallest absolute Gasteiger partial charge is 0.123 e. The Morgan fingerprint density at radius 2 is 2.00 bits per heavy atom. The van der Waals surface area contributed by atoms with Gasteiger partial charge in [0.15, 0.2) is 0 Å². The summed E-state index contributed by atoms with van der Waals surface area (Å²) in [6.07, 6.45) is 1.20. The van der Waals surface area contributed by atoms with Crippen molar-refractivity contribution >= 4 is 0 Å². The van der Waals surface area contributed by atoms with Gasteiger partial charge in [0.05, 0.1) is 13.2 Å². The second kappa shape index (κ2) is 6.37. The zero-order chi connectivity index (χ0) is 13.8. The van der Waals surface area contributed by atoms with E-state index in [4.69, 9.17) is 10.5 Å². The minimum atomic E-state index is -0.0262. The van der Waals surface area contributed by atoms with Crippen LogP contribution in [0.5, 0.6) is 5.75 Å². The molecule has 0 spiro atoms. The van der Waals surface area contributed by atoms with Crippen LogP contribution < -0.4 is 10.5 Å². The van der Waals surface area contributed by atoms with Gasteiger partial charge < -0.3 is 20.3 Å². The van der Waals surface area contributed by atoms with E-state index in [1.165, 1.54) is 6.42 Å². The maximum Gasteiger partial charge on any atom is 0.123 e. The lowest BCUT2D eigenvalue weighted by molar-refractivity contribution is 0.195. The van der Waals surface area contributed by atoms with Crippen LogP contribution >= 0.6 is 0 Å². The highest BCUT2D eigenvalue weighted by Crippen LogP contribution is 2.28. The summed E-state index contributed by atoms with van der Waals surface area (Å²) < 4.78 is 5.44. The summed E-state index contributed by atoms with van der Waals surface area (Å²) in [4.78, 5) is 4.74. The highest BCUT2D eigenvalue weighted by atomic mass is 16.5. The lowest BCUT2D eigenvalue weighted by Crippen LogP contribution is -2.45. The molecule has 1 aromatic rings.